The first-order valence-electron chi connectivity index (χ1n) is 8.73. The molecule has 0 bridgehead atoms. The standard InChI is InChI=1S/C20H17ClFN3O2/c21-16-11-13(22)5-6-15(16)20(26)25-9-7-14(8-10-25)27-19-12-23-17-3-1-2-4-18(17)24-19/h1-6,11-12,14H,7-10H2. The molecule has 27 heavy (non-hydrogen) atoms. The number of halogens is 2. The van der Waals surface area contributed by atoms with Crippen LogP contribution >= 0.6 is 11.6 Å². The van der Waals surface area contributed by atoms with E-state index in [2.05, 4.69) is 9.97 Å². The number of carbonyl (C=O) groups is 1. The Labute approximate surface area is 160 Å². The maximum absolute atomic E-state index is 13.2. The minimum absolute atomic E-state index is 0.0341. The Bertz CT molecular complexity index is 990. The highest BCUT2D eigenvalue weighted by Crippen LogP contribution is 2.23. The molecule has 0 saturated carbocycles. The molecular formula is C20H17ClFN3O2. The van der Waals surface area contributed by atoms with Crippen LogP contribution in [0.15, 0.2) is 48.7 Å². The van der Waals surface area contributed by atoms with Crippen molar-refractivity contribution in [3.63, 3.8) is 0 Å². The van der Waals surface area contributed by atoms with Crippen LogP contribution < -0.4 is 4.74 Å². The lowest BCUT2D eigenvalue weighted by molar-refractivity contribution is 0.0588. The Morgan fingerprint density at radius 3 is 2.63 bits per heavy atom. The number of amides is 1. The molecule has 0 spiro atoms. The average molecular weight is 386 g/mol. The van der Waals surface area contributed by atoms with Gasteiger partial charge in [0.25, 0.3) is 5.91 Å². The third kappa shape index (κ3) is 3.85. The van der Waals surface area contributed by atoms with Gasteiger partial charge in [-0.2, -0.15) is 0 Å². The molecule has 0 N–H and O–H groups in total. The molecule has 138 valence electrons. The van der Waals surface area contributed by atoms with Crippen LogP contribution in [0.3, 0.4) is 0 Å². The van der Waals surface area contributed by atoms with Crippen LogP contribution in [0.5, 0.6) is 5.88 Å². The summed E-state index contributed by atoms with van der Waals surface area (Å²) in [6.45, 7) is 1.08. The van der Waals surface area contributed by atoms with Crippen LogP contribution in [0.25, 0.3) is 11.0 Å². The number of fused-ring (bicyclic) bond motifs is 1. The molecular weight excluding hydrogens is 369 g/mol. The lowest BCUT2D eigenvalue weighted by Gasteiger charge is -2.32. The number of rotatable bonds is 3. The Kier molecular flexibility index (Phi) is 4.90. The SMILES string of the molecule is O=C(c1ccc(F)cc1Cl)N1CCC(Oc2cnc3ccccc3n2)CC1. The smallest absolute Gasteiger partial charge is 0.255 e. The summed E-state index contributed by atoms with van der Waals surface area (Å²) in [5.41, 5.74) is 1.92. The summed E-state index contributed by atoms with van der Waals surface area (Å²) in [4.78, 5) is 23.1. The molecule has 5 nitrogen and oxygen atoms in total. The van der Waals surface area contributed by atoms with Gasteiger partial charge in [-0.15, -0.1) is 0 Å². The molecule has 1 amide bonds. The van der Waals surface area contributed by atoms with Crippen molar-refractivity contribution in [2.24, 2.45) is 0 Å². The number of likely N-dealkylation sites (tertiary alicyclic amines) is 1. The average Bonchev–Trinajstić information content (AvgIpc) is 2.68. The van der Waals surface area contributed by atoms with E-state index in [9.17, 15) is 9.18 Å². The summed E-state index contributed by atoms with van der Waals surface area (Å²) < 4.78 is 19.1. The Morgan fingerprint density at radius 2 is 1.89 bits per heavy atom. The van der Waals surface area contributed by atoms with Gasteiger partial charge in [-0.25, -0.2) is 14.4 Å². The summed E-state index contributed by atoms with van der Waals surface area (Å²) in [5, 5.41) is 0.129. The first-order valence-corrected chi connectivity index (χ1v) is 9.11. The normalized spacial score (nSPS) is 15.1. The number of carbonyl (C=O) groups excluding carboxylic acids is 1. The zero-order valence-corrected chi connectivity index (χ0v) is 15.2. The predicted octanol–water partition coefficient (Wildman–Crippen LogP) is 4.11. The predicted molar refractivity (Wildman–Crippen MR) is 101 cm³/mol. The number of hydrogen-bond donors (Lipinski definition) is 0. The van der Waals surface area contributed by atoms with Gasteiger partial charge in [0.1, 0.15) is 11.9 Å². The van der Waals surface area contributed by atoms with Gasteiger partial charge in [0.05, 0.1) is 27.8 Å². The summed E-state index contributed by atoms with van der Waals surface area (Å²) in [5.74, 6) is -0.163. The molecule has 0 unspecified atom stereocenters. The van der Waals surface area contributed by atoms with Crippen molar-refractivity contribution in [1.29, 1.82) is 0 Å². The molecule has 1 aromatic heterocycles. The molecule has 1 fully saturated rings. The largest absolute Gasteiger partial charge is 0.473 e. The van der Waals surface area contributed by atoms with Crippen molar-refractivity contribution < 1.29 is 13.9 Å². The second kappa shape index (κ2) is 7.48. The number of nitrogens with zero attached hydrogens (tertiary/aromatic N) is 3. The van der Waals surface area contributed by atoms with E-state index in [-0.39, 0.29) is 17.0 Å². The number of para-hydroxylation sites is 2. The van der Waals surface area contributed by atoms with Gasteiger partial charge in [-0.05, 0) is 30.3 Å². The van der Waals surface area contributed by atoms with Crippen LogP contribution in [0.4, 0.5) is 4.39 Å². The maximum Gasteiger partial charge on any atom is 0.255 e. The van der Waals surface area contributed by atoms with Crippen molar-refractivity contribution in [3.05, 3.63) is 65.1 Å². The highest BCUT2D eigenvalue weighted by molar-refractivity contribution is 6.33. The van der Waals surface area contributed by atoms with Crippen LogP contribution in [-0.4, -0.2) is 40.0 Å². The lowest BCUT2D eigenvalue weighted by Crippen LogP contribution is -2.42. The molecule has 2 heterocycles. The van der Waals surface area contributed by atoms with E-state index in [0.29, 0.717) is 37.4 Å². The molecule has 2 aromatic carbocycles. The van der Waals surface area contributed by atoms with E-state index in [4.69, 9.17) is 16.3 Å². The van der Waals surface area contributed by atoms with E-state index in [1.165, 1.54) is 12.1 Å². The fraction of sp³-hybridized carbons (Fsp3) is 0.250. The highest BCUT2D eigenvalue weighted by Gasteiger charge is 2.26. The lowest BCUT2D eigenvalue weighted by atomic mass is 10.1. The molecule has 1 aliphatic rings. The van der Waals surface area contributed by atoms with Crippen LogP contribution in [-0.2, 0) is 0 Å². The topological polar surface area (TPSA) is 55.3 Å². The fourth-order valence-electron chi connectivity index (χ4n) is 3.18. The van der Waals surface area contributed by atoms with Gasteiger partial charge < -0.3 is 9.64 Å². The van der Waals surface area contributed by atoms with Crippen molar-refractivity contribution in [2.75, 3.05) is 13.1 Å². The van der Waals surface area contributed by atoms with Crippen LogP contribution in [0, 0.1) is 5.82 Å². The fourth-order valence-corrected chi connectivity index (χ4v) is 3.43. The van der Waals surface area contributed by atoms with Crippen molar-refractivity contribution in [2.45, 2.75) is 18.9 Å². The Morgan fingerprint density at radius 1 is 1.15 bits per heavy atom. The van der Waals surface area contributed by atoms with Gasteiger partial charge in [0.2, 0.25) is 5.88 Å². The van der Waals surface area contributed by atoms with Crippen LogP contribution in [0.2, 0.25) is 5.02 Å². The minimum Gasteiger partial charge on any atom is -0.473 e. The molecule has 0 aliphatic carbocycles. The van der Waals surface area contributed by atoms with Crippen molar-refractivity contribution in [1.82, 2.24) is 14.9 Å². The number of benzene rings is 2. The molecule has 1 saturated heterocycles. The molecule has 4 rings (SSSR count). The van der Waals surface area contributed by atoms with E-state index < -0.39 is 5.82 Å². The summed E-state index contributed by atoms with van der Waals surface area (Å²) >= 11 is 6.00. The second-order valence-corrected chi connectivity index (χ2v) is 6.84. The Hall–Kier alpha value is -2.73. The van der Waals surface area contributed by atoms with E-state index in [1.807, 2.05) is 24.3 Å². The quantitative estimate of drug-likeness (QED) is 0.681. The summed E-state index contributed by atoms with van der Waals surface area (Å²) in [6, 6.07) is 11.4. The van der Waals surface area contributed by atoms with E-state index >= 15 is 0 Å². The minimum atomic E-state index is -0.458. The maximum atomic E-state index is 13.2. The first kappa shape index (κ1) is 17.7. The van der Waals surface area contributed by atoms with Gasteiger partial charge in [0, 0.05) is 25.9 Å². The number of hydrogen-bond acceptors (Lipinski definition) is 4. The van der Waals surface area contributed by atoms with Gasteiger partial charge >= 0.3 is 0 Å². The third-order valence-electron chi connectivity index (χ3n) is 4.60. The van der Waals surface area contributed by atoms with Gasteiger partial charge in [0.15, 0.2) is 0 Å². The Balaban J connectivity index is 1.38. The number of piperidine rings is 1. The zero-order chi connectivity index (χ0) is 18.8. The molecule has 1 aliphatic heterocycles. The first-order chi connectivity index (χ1) is 13.1. The monoisotopic (exact) mass is 385 g/mol. The third-order valence-corrected chi connectivity index (χ3v) is 4.92. The molecule has 3 aromatic rings. The van der Waals surface area contributed by atoms with Crippen LogP contribution in [0.1, 0.15) is 23.2 Å². The van der Waals surface area contributed by atoms with Crippen molar-refractivity contribution in [3.8, 4) is 5.88 Å². The van der Waals surface area contributed by atoms with Crippen molar-refractivity contribution >= 4 is 28.5 Å². The molecule has 0 radical (unpaired) electrons. The zero-order valence-electron chi connectivity index (χ0n) is 14.4. The van der Waals surface area contributed by atoms with E-state index in [0.717, 1.165) is 17.1 Å². The van der Waals surface area contributed by atoms with E-state index in [1.54, 1.807) is 11.1 Å². The number of aromatic nitrogens is 2. The summed E-state index contributed by atoms with van der Waals surface area (Å²) in [6.07, 6.45) is 2.95. The molecule has 7 heteroatoms. The number of ether oxygens (including phenoxy) is 1. The van der Waals surface area contributed by atoms with Gasteiger partial charge in [-0.1, -0.05) is 23.7 Å². The second-order valence-electron chi connectivity index (χ2n) is 6.43. The molecule has 0 atom stereocenters. The summed E-state index contributed by atoms with van der Waals surface area (Å²) in [7, 11) is 0. The highest BCUT2D eigenvalue weighted by atomic mass is 35.5. The van der Waals surface area contributed by atoms with Gasteiger partial charge in [-0.3, -0.25) is 4.79 Å².